The molecule has 1 heterocycles. The average molecular weight is 167 g/mol. The molecule has 2 heteroatoms. The summed E-state index contributed by atoms with van der Waals surface area (Å²) in [5, 5.41) is 0.974. The standard InChI is InChI=1S/C9H13NS/c1-6-7-4-2-3-5-8(7)11-9(6)10/h2-9H,10H2,1H3. The van der Waals surface area contributed by atoms with Gasteiger partial charge in [0, 0.05) is 5.25 Å². The van der Waals surface area contributed by atoms with Crippen LogP contribution in [0.1, 0.15) is 6.92 Å². The zero-order valence-corrected chi connectivity index (χ0v) is 7.42. The van der Waals surface area contributed by atoms with Crippen molar-refractivity contribution >= 4 is 11.8 Å². The van der Waals surface area contributed by atoms with Gasteiger partial charge in [-0.2, -0.15) is 0 Å². The van der Waals surface area contributed by atoms with Crippen molar-refractivity contribution in [2.24, 2.45) is 17.6 Å². The number of hydrogen-bond acceptors (Lipinski definition) is 2. The van der Waals surface area contributed by atoms with E-state index in [0.717, 1.165) is 0 Å². The van der Waals surface area contributed by atoms with Gasteiger partial charge in [0.2, 0.25) is 0 Å². The van der Waals surface area contributed by atoms with E-state index in [-0.39, 0.29) is 0 Å². The molecule has 0 aromatic carbocycles. The van der Waals surface area contributed by atoms with Crippen LogP contribution in [0.15, 0.2) is 24.3 Å². The van der Waals surface area contributed by atoms with Crippen molar-refractivity contribution in [2.45, 2.75) is 17.5 Å². The van der Waals surface area contributed by atoms with Crippen LogP contribution in [0.4, 0.5) is 0 Å². The second kappa shape index (κ2) is 2.68. The van der Waals surface area contributed by atoms with E-state index in [4.69, 9.17) is 5.73 Å². The van der Waals surface area contributed by atoms with Gasteiger partial charge in [-0.1, -0.05) is 31.2 Å². The molecule has 1 nitrogen and oxygen atoms in total. The first-order valence-electron chi connectivity index (χ1n) is 4.05. The highest BCUT2D eigenvalue weighted by atomic mass is 32.2. The number of allylic oxidation sites excluding steroid dienone is 3. The Labute approximate surface area is 71.7 Å². The van der Waals surface area contributed by atoms with Crippen LogP contribution in [0.3, 0.4) is 0 Å². The summed E-state index contributed by atoms with van der Waals surface area (Å²) in [6.07, 6.45) is 8.81. The molecule has 0 spiro atoms. The Kier molecular flexibility index (Phi) is 1.81. The van der Waals surface area contributed by atoms with E-state index in [1.807, 2.05) is 11.8 Å². The summed E-state index contributed by atoms with van der Waals surface area (Å²) in [5.41, 5.74) is 5.93. The van der Waals surface area contributed by atoms with Gasteiger partial charge >= 0.3 is 0 Å². The summed E-state index contributed by atoms with van der Waals surface area (Å²) >= 11 is 1.90. The van der Waals surface area contributed by atoms with E-state index < -0.39 is 0 Å². The lowest BCUT2D eigenvalue weighted by atomic mass is 9.88. The summed E-state index contributed by atoms with van der Waals surface area (Å²) in [5.74, 6) is 1.31. The quantitative estimate of drug-likeness (QED) is 0.595. The summed E-state index contributed by atoms with van der Waals surface area (Å²) in [6.45, 7) is 2.24. The highest BCUT2D eigenvalue weighted by Crippen LogP contribution is 2.43. The molecule has 0 aromatic heterocycles. The summed E-state index contributed by atoms with van der Waals surface area (Å²) in [6, 6.07) is 0. The average Bonchev–Trinajstić information content (AvgIpc) is 2.30. The molecule has 11 heavy (non-hydrogen) atoms. The largest absolute Gasteiger partial charge is 0.319 e. The molecule has 1 fully saturated rings. The third-order valence-electron chi connectivity index (χ3n) is 2.56. The monoisotopic (exact) mass is 167 g/mol. The zero-order valence-electron chi connectivity index (χ0n) is 6.60. The van der Waals surface area contributed by atoms with Crippen molar-refractivity contribution in [1.29, 1.82) is 0 Å². The smallest absolute Gasteiger partial charge is 0.0545 e. The fourth-order valence-electron chi connectivity index (χ4n) is 1.74. The van der Waals surface area contributed by atoms with E-state index in [0.29, 0.717) is 22.5 Å². The summed E-state index contributed by atoms with van der Waals surface area (Å²) in [7, 11) is 0. The fraction of sp³-hybridized carbons (Fsp3) is 0.556. The Hall–Kier alpha value is -0.210. The normalized spacial score (nSPS) is 47.8. The molecular weight excluding hydrogens is 154 g/mol. The van der Waals surface area contributed by atoms with Crippen molar-refractivity contribution in [1.82, 2.24) is 0 Å². The van der Waals surface area contributed by atoms with Crippen LogP contribution in [0.5, 0.6) is 0 Å². The molecule has 0 bridgehead atoms. The molecule has 0 aromatic rings. The van der Waals surface area contributed by atoms with Crippen LogP contribution in [0, 0.1) is 11.8 Å². The van der Waals surface area contributed by atoms with Crippen LogP contribution in [0.25, 0.3) is 0 Å². The molecule has 2 rings (SSSR count). The molecule has 0 saturated carbocycles. The topological polar surface area (TPSA) is 26.0 Å². The molecule has 4 atom stereocenters. The molecule has 4 unspecified atom stereocenters. The van der Waals surface area contributed by atoms with Crippen molar-refractivity contribution in [2.75, 3.05) is 0 Å². The molecule has 1 saturated heterocycles. The third-order valence-corrected chi connectivity index (χ3v) is 4.09. The van der Waals surface area contributed by atoms with Gasteiger partial charge in [0.05, 0.1) is 5.37 Å². The molecule has 2 N–H and O–H groups in total. The van der Waals surface area contributed by atoms with Crippen molar-refractivity contribution in [3.8, 4) is 0 Å². The SMILES string of the molecule is CC1C(N)SC2C=CC=CC21. The van der Waals surface area contributed by atoms with Gasteiger partial charge in [-0.05, 0) is 11.8 Å². The zero-order chi connectivity index (χ0) is 7.84. The van der Waals surface area contributed by atoms with Gasteiger partial charge in [0.1, 0.15) is 0 Å². The molecule has 60 valence electrons. The van der Waals surface area contributed by atoms with Crippen molar-refractivity contribution < 1.29 is 0 Å². The number of hydrogen-bond donors (Lipinski definition) is 1. The van der Waals surface area contributed by atoms with Crippen LogP contribution >= 0.6 is 11.8 Å². The highest BCUT2D eigenvalue weighted by Gasteiger charge is 2.37. The van der Waals surface area contributed by atoms with Gasteiger partial charge in [0.25, 0.3) is 0 Å². The first-order chi connectivity index (χ1) is 5.29. The Balaban J connectivity index is 2.20. The minimum absolute atomic E-state index is 0.331. The lowest BCUT2D eigenvalue weighted by Gasteiger charge is -2.17. The first-order valence-corrected chi connectivity index (χ1v) is 4.99. The van der Waals surface area contributed by atoms with E-state index >= 15 is 0 Å². The maximum Gasteiger partial charge on any atom is 0.0545 e. The molecule has 1 aliphatic carbocycles. The molecule has 1 aliphatic heterocycles. The van der Waals surface area contributed by atoms with Gasteiger partial charge in [-0.15, -0.1) is 11.8 Å². The van der Waals surface area contributed by atoms with Crippen LogP contribution in [-0.2, 0) is 0 Å². The van der Waals surface area contributed by atoms with Crippen LogP contribution in [-0.4, -0.2) is 10.6 Å². The Morgan fingerprint density at radius 3 is 2.73 bits per heavy atom. The van der Waals surface area contributed by atoms with E-state index in [1.165, 1.54) is 0 Å². The molecular formula is C9H13NS. The van der Waals surface area contributed by atoms with Gasteiger partial charge in [0.15, 0.2) is 0 Å². The molecule has 0 amide bonds. The Morgan fingerprint density at radius 1 is 1.27 bits per heavy atom. The minimum Gasteiger partial charge on any atom is -0.319 e. The maximum atomic E-state index is 5.93. The Bertz CT molecular complexity index is 210. The highest BCUT2D eigenvalue weighted by molar-refractivity contribution is 8.00. The van der Waals surface area contributed by atoms with Crippen molar-refractivity contribution in [3.63, 3.8) is 0 Å². The van der Waals surface area contributed by atoms with E-state index in [1.54, 1.807) is 0 Å². The molecule has 2 aliphatic rings. The van der Waals surface area contributed by atoms with Crippen LogP contribution in [0.2, 0.25) is 0 Å². The minimum atomic E-state index is 0.331. The molecule has 0 radical (unpaired) electrons. The van der Waals surface area contributed by atoms with Gasteiger partial charge in [-0.3, -0.25) is 0 Å². The maximum absolute atomic E-state index is 5.93. The lowest BCUT2D eigenvalue weighted by molar-refractivity contribution is 0.457. The Morgan fingerprint density at radius 2 is 2.00 bits per heavy atom. The van der Waals surface area contributed by atoms with Gasteiger partial charge < -0.3 is 5.73 Å². The van der Waals surface area contributed by atoms with E-state index in [9.17, 15) is 0 Å². The van der Waals surface area contributed by atoms with Crippen LogP contribution < -0.4 is 5.73 Å². The van der Waals surface area contributed by atoms with Gasteiger partial charge in [-0.25, -0.2) is 0 Å². The lowest BCUT2D eigenvalue weighted by Crippen LogP contribution is -2.23. The number of fused-ring (bicyclic) bond motifs is 1. The number of thioether (sulfide) groups is 1. The van der Waals surface area contributed by atoms with E-state index in [2.05, 4.69) is 31.2 Å². The number of rotatable bonds is 0. The first kappa shape index (κ1) is 7.44. The number of nitrogens with two attached hydrogens (primary N) is 1. The second-order valence-corrected chi connectivity index (χ2v) is 4.63. The summed E-state index contributed by atoms with van der Waals surface area (Å²) in [4.78, 5) is 0. The van der Waals surface area contributed by atoms with Crippen molar-refractivity contribution in [3.05, 3.63) is 24.3 Å². The fourth-order valence-corrected chi connectivity index (χ4v) is 3.23. The predicted molar refractivity (Wildman–Crippen MR) is 50.3 cm³/mol. The predicted octanol–water partition coefficient (Wildman–Crippen LogP) is 1.76. The summed E-state index contributed by atoms with van der Waals surface area (Å²) < 4.78 is 0. The second-order valence-electron chi connectivity index (χ2n) is 3.27. The third kappa shape index (κ3) is 1.14.